The number of aryl methyl sites for hydroxylation is 1. The maximum Gasteiger partial charge on any atom is 0.151 e. The van der Waals surface area contributed by atoms with E-state index in [9.17, 15) is 4.39 Å². The Balaban J connectivity index is 2.16. The average Bonchev–Trinajstić information content (AvgIpc) is 3.05. The lowest BCUT2D eigenvalue weighted by molar-refractivity contribution is 0.637. The van der Waals surface area contributed by atoms with Crippen molar-refractivity contribution in [3.63, 3.8) is 0 Å². The fourth-order valence-corrected chi connectivity index (χ4v) is 3.70. The highest BCUT2D eigenvalue weighted by Gasteiger charge is 2.18. The smallest absolute Gasteiger partial charge is 0.151 e. The number of halogens is 2. The number of hydrogen-bond acceptors (Lipinski definition) is 2. The van der Waals surface area contributed by atoms with E-state index in [1.807, 2.05) is 17.6 Å². The predicted octanol–water partition coefficient (Wildman–Crippen LogP) is 5.15. The second-order valence-electron chi connectivity index (χ2n) is 5.00. The molecular weight excluding hydrogens is 307 g/mol. The van der Waals surface area contributed by atoms with Crippen LogP contribution in [-0.2, 0) is 13.0 Å². The third-order valence-corrected chi connectivity index (χ3v) is 4.78. The lowest BCUT2D eigenvalue weighted by Gasteiger charge is -2.10. The van der Waals surface area contributed by atoms with E-state index in [-0.39, 0.29) is 11.2 Å². The van der Waals surface area contributed by atoms with Gasteiger partial charge in [-0.1, -0.05) is 13.0 Å². The standard InChI is InChI=1S/C16H16ClFN2S/c1-3-11-7-8-21-14(11)9-20-13-6-4-5-12(18)15(13)19-16(20)10(2)17/h4-8,10H,3,9H2,1-2H3. The minimum absolute atomic E-state index is 0.262. The van der Waals surface area contributed by atoms with Crippen LogP contribution in [0.15, 0.2) is 29.6 Å². The van der Waals surface area contributed by atoms with Crippen molar-refractivity contribution in [1.29, 1.82) is 0 Å². The number of rotatable bonds is 4. The number of para-hydroxylation sites is 1. The van der Waals surface area contributed by atoms with Crippen molar-refractivity contribution in [2.75, 3.05) is 0 Å². The van der Waals surface area contributed by atoms with Crippen LogP contribution >= 0.6 is 22.9 Å². The summed E-state index contributed by atoms with van der Waals surface area (Å²) >= 11 is 7.96. The van der Waals surface area contributed by atoms with Gasteiger partial charge in [0.05, 0.1) is 17.4 Å². The molecule has 0 saturated heterocycles. The Morgan fingerprint density at radius 3 is 2.90 bits per heavy atom. The van der Waals surface area contributed by atoms with Crippen LogP contribution in [0.4, 0.5) is 4.39 Å². The number of fused-ring (bicyclic) bond motifs is 1. The van der Waals surface area contributed by atoms with E-state index in [1.165, 1.54) is 16.5 Å². The number of imidazole rings is 1. The van der Waals surface area contributed by atoms with Crippen LogP contribution in [0.5, 0.6) is 0 Å². The van der Waals surface area contributed by atoms with Crippen LogP contribution in [0.2, 0.25) is 0 Å². The number of hydrogen-bond donors (Lipinski definition) is 0. The molecule has 21 heavy (non-hydrogen) atoms. The summed E-state index contributed by atoms with van der Waals surface area (Å²) in [6.45, 7) is 4.70. The van der Waals surface area contributed by atoms with Gasteiger partial charge in [0.2, 0.25) is 0 Å². The summed E-state index contributed by atoms with van der Waals surface area (Å²) in [5, 5.41) is 1.83. The van der Waals surface area contributed by atoms with Crippen LogP contribution in [0.3, 0.4) is 0 Å². The second kappa shape index (κ2) is 5.78. The zero-order valence-electron chi connectivity index (χ0n) is 11.9. The van der Waals surface area contributed by atoms with Gasteiger partial charge in [-0.15, -0.1) is 22.9 Å². The van der Waals surface area contributed by atoms with Crippen LogP contribution in [0.25, 0.3) is 11.0 Å². The highest BCUT2D eigenvalue weighted by Crippen LogP contribution is 2.28. The zero-order chi connectivity index (χ0) is 15.0. The molecule has 1 atom stereocenters. The minimum Gasteiger partial charge on any atom is -0.321 e. The van der Waals surface area contributed by atoms with Gasteiger partial charge in [-0.05, 0) is 42.5 Å². The third kappa shape index (κ3) is 2.58. The zero-order valence-corrected chi connectivity index (χ0v) is 13.5. The van der Waals surface area contributed by atoms with Crippen molar-refractivity contribution in [2.24, 2.45) is 0 Å². The van der Waals surface area contributed by atoms with Gasteiger partial charge in [-0.25, -0.2) is 9.37 Å². The largest absolute Gasteiger partial charge is 0.321 e. The van der Waals surface area contributed by atoms with Crippen LogP contribution in [0.1, 0.15) is 35.5 Å². The Kier molecular flexibility index (Phi) is 4.00. The molecule has 2 nitrogen and oxygen atoms in total. The highest BCUT2D eigenvalue weighted by molar-refractivity contribution is 7.10. The van der Waals surface area contributed by atoms with Gasteiger partial charge in [-0.2, -0.15) is 0 Å². The molecule has 0 N–H and O–H groups in total. The Morgan fingerprint density at radius 2 is 2.19 bits per heavy atom. The van der Waals surface area contributed by atoms with Gasteiger partial charge in [0, 0.05) is 4.88 Å². The van der Waals surface area contributed by atoms with E-state index in [2.05, 4.69) is 23.4 Å². The van der Waals surface area contributed by atoms with E-state index in [4.69, 9.17) is 11.6 Å². The number of aromatic nitrogens is 2. The fourth-order valence-electron chi connectivity index (χ4n) is 2.56. The molecule has 1 unspecified atom stereocenters. The normalized spacial score (nSPS) is 13.0. The SMILES string of the molecule is CCc1ccsc1Cn1c(C(C)Cl)nc2c(F)cccc21. The van der Waals surface area contributed by atoms with Crippen LogP contribution < -0.4 is 0 Å². The van der Waals surface area contributed by atoms with E-state index in [0.29, 0.717) is 17.9 Å². The minimum atomic E-state index is -0.299. The van der Waals surface area contributed by atoms with Gasteiger partial charge in [-0.3, -0.25) is 0 Å². The first-order chi connectivity index (χ1) is 10.1. The molecule has 0 fully saturated rings. The Morgan fingerprint density at radius 1 is 1.38 bits per heavy atom. The van der Waals surface area contributed by atoms with Crippen molar-refractivity contribution in [3.05, 3.63) is 51.7 Å². The fraction of sp³-hybridized carbons (Fsp3) is 0.312. The topological polar surface area (TPSA) is 17.8 Å². The highest BCUT2D eigenvalue weighted by atomic mass is 35.5. The first-order valence-corrected chi connectivity index (χ1v) is 8.27. The molecule has 0 aliphatic carbocycles. The van der Waals surface area contributed by atoms with Crippen molar-refractivity contribution in [3.8, 4) is 0 Å². The molecule has 0 spiro atoms. The molecule has 0 aliphatic rings. The molecule has 0 radical (unpaired) electrons. The molecule has 0 bridgehead atoms. The molecular formula is C16H16ClFN2S. The average molecular weight is 323 g/mol. The number of alkyl halides is 1. The van der Waals surface area contributed by atoms with E-state index in [0.717, 1.165) is 11.9 Å². The first-order valence-electron chi connectivity index (χ1n) is 6.95. The first kappa shape index (κ1) is 14.5. The summed E-state index contributed by atoms with van der Waals surface area (Å²) in [7, 11) is 0. The molecule has 5 heteroatoms. The van der Waals surface area contributed by atoms with Crippen molar-refractivity contribution >= 4 is 34.0 Å². The van der Waals surface area contributed by atoms with E-state index >= 15 is 0 Å². The summed E-state index contributed by atoms with van der Waals surface area (Å²) in [5.74, 6) is 0.416. The van der Waals surface area contributed by atoms with Crippen molar-refractivity contribution < 1.29 is 4.39 Å². The van der Waals surface area contributed by atoms with Gasteiger partial charge >= 0.3 is 0 Å². The van der Waals surface area contributed by atoms with Gasteiger partial charge in [0.25, 0.3) is 0 Å². The molecule has 3 aromatic rings. The summed E-state index contributed by atoms with van der Waals surface area (Å²) in [6, 6.07) is 7.19. The maximum absolute atomic E-state index is 14.0. The Bertz CT molecular complexity index is 776. The Labute approximate surface area is 132 Å². The van der Waals surface area contributed by atoms with Gasteiger partial charge in [0.1, 0.15) is 11.3 Å². The number of thiophene rings is 1. The quantitative estimate of drug-likeness (QED) is 0.607. The van der Waals surface area contributed by atoms with E-state index < -0.39 is 0 Å². The summed E-state index contributed by atoms with van der Waals surface area (Å²) < 4.78 is 16.0. The third-order valence-electron chi connectivity index (χ3n) is 3.64. The van der Waals surface area contributed by atoms with Crippen LogP contribution in [-0.4, -0.2) is 9.55 Å². The van der Waals surface area contributed by atoms with Gasteiger partial charge in [0.15, 0.2) is 5.82 Å². The lowest BCUT2D eigenvalue weighted by Crippen LogP contribution is -2.06. The second-order valence-corrected chi connectivity index (χ2v) is 6.66. The predicted molar refractivity (Wildman–Crippen MR) is 86.8 cm³/mol. The monoisotopic (exact) mass is 322 g/mol. The molecule has 0 saturated carbocycles. The molecule has 2 heterocycles. The van der Waals surface area contributed by atoms with Crippen molar-refractivity contribution in [2.45, 2.75) is 32.2 Å². The molecule has 1 aromatic carbocycles. The number of nitrogens with zero attached hydrogens (tertiary/aromatic N) is 2. The number of benzene rings is 1. The maximum atomic E-state index is 14.0. The van der Waals surface area contributed by atoms with Crippen molar-refractivity contribution in [1.82, 2.24) is 9.55 Å². The molecule has 3 rings (SSSR count). The molecule has 110 valence electrons. The summed E-state index contributed by atoms with van der Waals surface area (Å²) in [5.41, 5.74) is 2.52. The van der Waals surface area contributed by atoms with Crippen LogP contribution in [0, 0.1) is 5.82 Å². The van der Waals surface area contributed by atoms with Gasteiger partial charge < -0.3 is 4.57 Å². The molecule has 0 aliphatic heterocycles. The molecule has 2 aromatic heterocycles. The van der Waals surface area contributed by atoms with E-state index in [1.54, 1.807) is 17.4 Å². The Hall–Kier alpha value is -1.39. The summed E-state index contributed by atoms with van der Waals surface area (Å²) in [4.78, 5) is 5.69. The lowest BCUT2D eigenvalue weighted by atomic mass is 10.2. The molecule has 0 amide bonds. The summed E-state index contributed by atoms with van der Waals surface area (Å²) in [6.07, 6.45) is 0.992.